The minimum absolute atomic E-state index is 0.107. The fourth-order valence-corrected chi connectivity index (χ4v) is 1.79. The van der Waals surface area contributed by atoms with E-state index in [-0.39, 0.29) is 10.8 Å². The Labute approximate surface area is 108 Å². The van der Waals surface area contributed by atoms with E-state index in [0.717, 1.165) is 6.42 Å². The second-order valence-electron chi connectivity index (χ2n) is 4.32. The molecule has 0 aliphatic carbocycles. The van der Waals surface area contributed by atoms with Crippen LogP contribution >= 0.6 is 12.2 Å². The first-order valence-electron chi connectivity index (χ1n) is 5.74. The summed E-state index contributed by atoms with van der Waals surface area (Å²) < 4.78 is 14.1. The van der Waals surface area contributed by atoms with Gasteiger partial charge in [0, 0.05) is 23.7 Å². The summed E-state index contributed by atoms with van der Waals surface area (Å²) in [6.07, 6.45) is 1.03. The van der Waals surface area contributed by atoms with Gasteiger partial charge in [-0.2, -0.15) is 0 Å². The summed E-state index contributed by atoms with van der Waals surface area (Å²) in [7, 11) is 1.99. The third kappa shape index (κ3) is 3.48. The van der Waals surface area contributed by atoms with Crippen LogP contribution in [0.2, 0.25) is 0 Å². The Kier molecular flexibility index (Phi) is 5.02. The Morgan fingerprint density at radius 3 is 2.71 bits per heavy atom. The van der Waals surface area contributed by atoms with Crippen LogP contribution in [0.4, 0.5) is 4.39 Å². The van der Waals surface area contributed by atoms with Crippen LogP contribution in [0.1, 0.15) is 31.4 Å². The van der Waals surface area contributed by atoms with Gasteiger partial charge in [0.2, 0.25) is 0 Å². The van der Waals surface area contributed by atoms with Crippen molar-refractivity contribution in [3.05, 3.63) is 35.1 Å². The van der Waals surface area contributed by atoms with Gasteiger partial charge in [-0.05, 0) is 26.5 Å². The lowest BCUT2D eigenvalue weighted by molar-refractivity contribution is 0.240. The summed E-state index contributed by atoms with van der Waals surface area (Å²) in [6, 6.07) is 5.60. The highest BCUT2D eigenvalue weighted by molar-refractivity contribution is 7.80. The number of rotatable bonds is 5. The van der Waals surface area contributed by atoms with Crippen LogP contribution in [0, 0.1) is 5.82 Å². The fourth-order valence-electron chi connectivity index (χ4n) is 1.63. The molecule has 1 rings (SSSR count). The van der Waals surface area contributed by atoms with E-state index in [2.05, 4.69) is 18.7 Å². The summed E-state index contributed by atoms with van der Waals surface area (Å²) >= 11 is 4.82. The van der Waals surface area contributed by atoms with Crippen molar-refractivity contribution in [3.63, 3.8) is 0 Å². The Balaban J connectivity index is 2.92. The van der Waals surface area contributed by atoms with E-state index in [1.165, 1.54) is 0 Å². The van der Waals surface area contributed by atoms with Gasteiger partial charge in [0.25, 0.3) is 0 Å². The van der Waals surface area contributed by atoms with Crippen molar-refractivity contribution in [1.82, 2.24) is 4.90 Å². The molecule has 0 amide bonds. The average Bonchev–Trinajstić information content (AvgIpc) is 2.30. The van der Waals surface area contributed by atoms with Crippen molar-refractivity contribution >= 4 is 17.2 Å². The first-order valence-corrected chi connectivity index (χ1v) is 6.15. The highest BCUT2D eigenvalue weighted by atomic mass is 32.1. The molecule has 0 heterocycles. The Hall–Kier alpha value is -1.00. The lowest BCUT2D eigenvalue weighted by Gasteiger charge is -2.24. The molecule has 2 nitrogen and oxygen atoms in total. The third-order valence-electron chi connectivity index (χ3n) is 3.11. The molecule has 4 heteroatoms. The minimum atomic E-state index is -0.296. The van der Waals surface area contributed by atoms with Crippen LogP contribution in [0.15, 0.2) is 18.2 Å². The van der Waals surface area contributed by atoms with Gasteiger partial charge in [-0.3, -0.25) is 4.90 Å². The van der Waals surface area contributed by atoms with Crippen LogP contribution in [0.3, 0.4) is 0 Å². The molecule has 1 unspecified atom stereocenters. The monoisotopic (exact) mass is 254 g/mol. The van der Waals surface area contributed by atoms with E-state index in [1.54, 1.807) is 18.2 Å². The average molecular weight is 254 g/mol. The van der Waals surface area contributed by atoms with Gasteiger partial charge in [-0.15, -0.1) is 0 Å². The van der Waals surface area contributed by atoms with Crippen molar-refractivity contribution in [2.45, 2.75) is 32.9 Å². The SMILES string of the molecule is CCC(C)N(C)Cc1cccc(C(N)=S)c1F. The zero-order chi connectivity index (χ0) is 13.0. The van der Waals surface area contributed by atoms with Crippen LogP contribution in [0.25, 0.3) is 0 Å². The van der Waals surface area contributed by atoms with Gasteiger partial charge in [0.1, 0.15) is 10.8 Å². The number of halogens is 1. The predicted octanol–water partition coefficient (Wildman–Crippen LogP) is 2.69. The lowest BCUT2D eigenvalue weighted by atomic mass is 10.1. The zero-order valence-electron chi connectivity index (χ0n) is 10.5. The van der Waals surface area contributed by atoms with E-state index >= 15 is 0 Å². The Morgan fingerprint density at radius 1 is 1.53 bits per heavy atom. The maximum Gasteiger partial charge on any atom is 0.137 e. The molecular weight excluding hydrogens is 235 g/mol. The molecule has 0 bridgehead atoms. The first-order chi connectivity index (χ1) is 7.97. The smallest absolute Gasteiger partial charge is 0.137 e. The van der Waals surface area contributed by atoms with Crippen LogP contribution in [-0.2, 0) is 6.54 Å². The largest absolute Gasteiger partial charge is 0.389 e. The number of thiocarbonyl (C=S) groups is 1. The molecule has 2 N–H and O–H groups in total. The molecule has 0 saturated carbocycles. The van der Waals surface area contributed by atoms with Crippen LogP contribution in [0.5, 0.6) is 0 Å². The molecule has 0 radical (unpaired) electrons. The molecule has 17 heavy (non-hydrogen) atoms. The van der Waals surface area contributed by atoms with E-state index in [0.29, 0.717) is 23.7 Å². The van der Waals surface area contributed by atoms with Crippen molar-refractivity contribution in [3.8, 4) is 0 Å². The fraction of sp³-hybridized carbons (Fsp3) is 0.462. The molecule has 0 aliphatic heterocycles. The minimum Gasteiger partial charge on any atom is -0.389 e. The second-order valence-corrected chi connectivity index (χ2v) is 4.76. The van der Waals surface area contributed by atoms with E-state index in [4.69, 9.17) is 18.0 Å². The molecule has 0 aromatic heterocycles. The summed E-state index contributed by atoms with van der Waals surface area (Å²) in [5.41, 5.74) is 6.44. The van der Waals surface area contributed by atoms with E-state index < -0.39 is 0 Å². The van der Waals surface area contributed by atoms with Gasteiger partial charge in [0.15, 0.2) is 0 Å². The molecule has 1 aromatic carbocycles. The van der Waals surface area contributed by atoms with Gasteiger partial charge in [-0.1, -0.05) is 31.3 Å². The predicted molar refractivity (Wildman–Crippen MR) is 73.5 cm³/mol. The number of benzene rings is 1. The Bertz CT molecular complexity index is 406. The normalized spacial score (nSPS) is 12.8. The summed E-state index contributed by atoms with van der Waals surface area (Å²) in [5, 5.41) is 0. The molecule has 0 fully saturated rings. The summed E-state index contributed by atoms with van der Waals surface area (Å²) in [5.74, 6) is -0.296. The zero-order valence-corrected chi connectivity index (χ0v) is 11.4. The van der Waals surface area contributed by atoms with Crippen molar-refractivity contribution < 1.29 is 4.39 Å². The van der Waals surface area contributed by atoms with Crippen molar-refractivity contribution in [2.24, 2.45) is 5.73 Å². The number of hydrogen-bond donors (Lipinski definition) is 1. The van der Waals surface area contributed by atoms with Crippen LogP contribution < -0.4 is 5.73 Å². The highest BCUT2D eigenvalue weighted by Gasteiger charge is 2.13. The first kappa shape index (κ1) is 14.1. The lowest BCUT2D eigenvalue weighted by Crippen LogP contribution is -2.28. The molecule has 1 atom stereocenters. The molecule has 94 valence electrons. The summed E-state index contributed by atoms with van der Waals surface area (Å²) in [6.45, 7) is 4.80. The maximum absolute atomic E-state index is 14.1. The molecule has 0 aliphatic rings. The highest BCUT2D eigenvalue weighted by Crippen LogP contribution is 2.16. The van der Waals surface area contributed by atoms with Gasteiger partial charge in [0.05, 0.1) is 0 Å². The van der Waals surface area contributed by atoms with Gasteiger partial charge >= 0.3 is 0 Å². The molecular formula is C13H19FN2S. The molecule has 0 spiro atoms. The Morgan fingerprint density at radius 2 is 2.18 bits per heavy atom. The van der Waals surface area contributed by atoms with E-state index in [1.807, 2.05) is 7.05 Å². The molecule has 1 aromatic rings. The van der Waals surface area contributed by atoms with Gasteiger partial charge in [-0.25, -0.2) is 4.39 Å². The number of nitrogens with zero attached hydrogens (tertiary/aromatic N) is 1. The number of hydrogen-bond acceptors (Lipinski definition) is 2. The van der Waals surface area contributed by atoms with Gasteiger partial charge < -0.3 is 5.73 Å². The third-order valence-corrected chi connectivity index (χ3v) is 3.33. The summed E-state index contributed by atoms with van der Waals surface area (Å²) in [4.78, 5) is 2.22. The van der Waals surface area contributed by atoms with Crippen LogP contribution in [-0.4, -0.2) is 23.0 Å². The molecule has 0 saturated heterocycles. The second kappa shape index (κ2) is 6.07. The standard InChI is InChI=1S/C13H19FN2S/c1-4-9(2)16(3)8-10-6-5-7-11(12(10)14)13(15)17/h5-7,9H,4,8H2,1-3H3,(H2,15,17). The quantitative estimate of drug-likeness (QED) is 0.819. The topological polar surface area (TPSA) is 29.3 Å². The number of nitrogens with two attached hydrogens (primary N) is 1. The van der Waals surface area contributed by atoms with Crippen molar-refractivity contribution in [1.29, 1.82) is 0 Å². The van der Waals surface area contributed by atoms with Crippen molar-refractivity contribution in [2.75, 3.05) is 7.05 Å². The maximum atomic E-state index is 14.1. The van der Waals surface area contributed by atoms with E-state index in [9.17, 15) is 4.39 Å².